The standard InChI is InChI=1S/C23H20ClNO4/c24-17-4-1-3-16(11-17)15-9-7-14(8-10-15)12-25-13-18(23(28)29)22(27)21-19(25)5-2-6-20(21)26/h1,3-4,7-11,13,20,26H,2,5-6,12H2,(H,28,29). The fourth-order valence-corrected chi connectivity index (χ4v) is 4.10. The van der Waals surface area contributed by atoms with Gasteiger partial charge in [-0.1, -0.05) is 48.0 Å². The van der Waals surface area contributed by atoms with E-state index in [-0.39, 0.29) is 11.1 Å². The first-order valence-corrected chi connectivity index (χ1v) is 9.84. The van der Waals surface area contributed by atoms with Crippen molar-refractivity contribution in [2.45, 2.75) is 31.9 Å². The maximum Gasteiger partial charge on any atom is 0.341 e. The minimum atomic E-state index is -1.28. The Morgan fingerprint density at radius 3 is 2.59 bits per heavy atom. The fraction of sp³-hybridized carbons (Fsp3) is 0.217. The molecule has 0 saturated heterocycles. The Hall–Kier alpha value is -2.89. The van der Waals surface area contributed by atoms with E-state index in [9.17, 15) is 19.8 Å². The molecule has 3 aromatic rings. The van der Waals surface area contributed by atoms with E-state index in [0.717, 1.165) is 28.8 Å². The van der Waals surface area contributed by atoms with Crippen molar-refractivity contribution in [3.05, 3.63) is 92.4 Å². The smallest absolute Gasteiger partial charge is 0.341 e. The van der Waals surface area contributed by atoms with Gasteiger partial charge < -0.3 is 14.8 Å². The van der Waals surface area contributed by atoms with Gasteiger partial charge in [-0.05, 0) is 48.1 Å². The zero-order valence-electron chi connectivity index (χ0n) is 15.6. The molecular weight excluding hydrogens is 390 g/mol. The Kier molecular flexibility index (Phi) is 5.26. The summed E-state index contributed by atoms with van der Waals surface area (Å²) in [6, 6.07) is 15.5. The minimum Gasteiger partial charge on any atom is -0.477 e. The topological polar surface area (TPSA) is 79.5 Å². The van der Waals surface area contributed by atoms with Crippen LogP contribution in [0.15, 0.2) is 59.5 Å². The third kappa shape index (κ3) is 3.84. The van der Waals surface area contributed by atoms with E-state index in [1.54, 1.807) is 4.57 Å². The first kappa shape index (κ1) is 19.4. The molecule has 0 amide bonds. The van der Waals surface area contributed by atoms with Gasteiger partial charge in [0.15, 0.2) is 0 Å². The molecule has 1 aromatic heterocycles. The van der Waals surface area contributed by atoms with Crippen molar-refractivity contribution in [3.8, 4) is 11.1 Å². The molecule has 29 heavy (non-hydrogen) atoms. The van der Waals surface area contributed by atoms with Gasteiger partial charge in [-0.15, -0.1) is 0 Å². The van der Waals surface area contributed by atoms with Crippen molar-refractivity contribution in [1.29, 1.82) is 0 Å². The quantitative estimate of drug-likeness (QED) is 0.673. The van der Waals surface area contributed by atoms with Crippen LogP contribution < -0.4 is 5.43 Å². The number of benzene rings is 2. The molecule has 2 N–H and O–H groups in total. The van der Waals surface area contributed by atoms with E-state index >= 15 is 0 Å². The molecular formula is C23H20ClNO4. The molecule has 0 spiro atoms. The van der Waals surface area contributed by atoms with Crippen LogP contribution in [0.3, 0.4) is 0 Å². The number of carbonyl (C=O) groups is 1. The van der Waals surface area contributed by atoms with E-state index in [1.807, 2.05) is 48.5 Å². The zero-order valence-corrected chi connectivity index (χ0v) is 16.4. The number of nitrogens with zero attached hydrogens (tertiary/aromatic N) is 1. The van der Waals surface area contributed by atoms with E-state index in [2.05, 4.69) is 0 Å². The second-order valence-corrected chi connectivity index (χ2v) is 7.72. The van der Waals surface area contributed by atoms with Crippen LogP contribution in [0.2, 0.25) is 5.02 Å². The van der Waals surface area contributed by atoms with Crippen LogP contribution in [0, 0.1) is 0 Å². The molecule has 0 bridgehead atoms. The molecule has 0 aliphatic heterocycles. The van der Waals surface area contributed by atoms with Gasteiger partial charge in [-0.25, -0.2) is 4.79 Å². The molecule has 148 valence electrons. The SMILES string of the molecule is O=C(O)c1cn(Cc2ccc(-c3cccc(Cl)c3)cc2)c2c(c1=O)C(O)CCC2. The van der Waals surface area contributed by atoms with Gasteiger partial charge in [0.05, 0.1) is 6.10 Å². The summed E-state index contributed by atoms with van der Waals surface area (Å²) >= 11 is 6.07. The van der Waals surface area contributed by atoms with Crippen molar-refractivity contribution in [1.82, 2.24) is 4.57 Å². The maximum absolute atomic E-state index is 12.5. The second-order valence-electron chi connectivity index (χ2n) is 7.28. The molecule has 6 heteroatoms. The van der Waals surface area contributed by atoms with Crippen LogP contribution in [-0.4, -0.2) is 20.7 Å². The van der Waals surface area contributed by atoms with Crippen molar-refractivity contribution in [2.24, 2.45) is 0 Å². The third-order valence-electron chi connectivity index (χ3n) is 5.35. The molecule has 1 aliphatic rings. The molecule has 4 rings (SSSR count). The van der Waals surface area contributed by atoms with Crippen LogP contribution in [-0.2, 0) is 13.0 Å². The summed E-state index contributed by atoms with van der Waals surface area (Å²) in [7, 11) is 0. The number of aromatic nitrogens is 1. The first-order valence-electron chi connectivity index (χ1n) is 9.46. The van der Waals surface area contributed by atoms with E-state index in [0.29, 0.717) is 24.4 Å². The van der Waals surface area contributed by atoms with Crippen molar-refractivity contribution in [2.75, 3.05) is 0 Å². The van der Waals surface area contributed by atoms with Gasteiger partial charge >= 0.3 is 5.97 Å². The van der Waals surface area contributed by atoms with Crippen LogP contribution in [0.1, 0.15) is 46.1 Å². The largest absolute Gasteiger partial charge is 0.477 e. The summed E-state index contributed by atoms with van der Waals surface area (Å²) in [6.07, 6.45) is 2.35. The Morgan fingerprint density at radius 1 is 1.14 bits per heavy atom. The number of halogens is 1. The number of aliphatic hydroxyl groups is 1. The molecule has 1 unspecified atom stereocenters. The molecule has 1 aliphatic carbocycles. The molecule has 0 saturated carbocycles. The lowest BCUT2D eigenvalue weighted by Gasteiger charge is -2.25. The number of carboxylic acids is 1. The van der Waals surface area contributed by atoms with Gasteiger partial charge in [0.25, 0.3) is 0 Å². The Balaban J connectivity index is 1.71. The number of hydrogen-bond donors (Lipinski definition) is 2. The molecule has 0 radical (unpaired) electrons. The van der Waals surface area contributed by atoms with Crippen LogP contribution in [0.5, 0.6) is 0 Å². The Bertz CT molecular complexity index is 1130. The number of hydrogen-bond acceptors (Lipinski definition) is 3. The normalized spacial score (nSPS) is 15.7. The van der Waals surface area contributed by atoms with Crippen LogP contribution in [0.4, 0.5) is 0 Å². The number of rotatable bonds is 4. The number of aliphatic hydroxyl groups excluding tert-OH is 1. The van der Waals surface area contributed by atoms with Gasteiger partial charge in [0.2, 0.25) is 5.43 Å². The molecule has 0 fully saturated rings. The number of aromatic carboxylic acids is 1. The van der Waals surface area contributed by atoms with Gasteiger partial charge in [-0.2, -0.15) is 0 Å². The number of carboxylic acid groups (broad SMARTS) is 1. The first-order chi connectivity index (χ1) is 13.9. The van der Waals surface area contributed by atoms with E-state index in [1.165, 1.54) is 6.20 Å². The summed E-state index contributed by atoms with van der Waals surface area (Å²) in [6.45, 7) is 0.422. The second kappa shape index (κ2) is 7.85. The highest BCUT2D eigenvalue weighted by atomic mass is 35.5. The average molecular weight is 410 g/mol. The van der Waals surface area contributed by atoms with Crippen LogP contribution >= 0.6 is 11.6 Å². The molecule has 1 heterocycles. The summed E-state index contributed by atoms with van der Waals surface area (Å²) in [4.78, 5) is 24.1. The van der Waals surface area contributed by atoms with E-state index < -0.39 is 17.5 Å². The highest BCUT2D eigenvalue weighted by Crippen LogP contribution is 2.28. The molecule has 2 aromatic carbocycles. The fourth-order valence-electron chi connectivity index (χ4n) is 3.91. The predicted octanol–water partition coefficient (Wildman–Crippen LogP) is 4.28. The van der Waals surface area contributed by atoms with Crippen molar-refractivity contribution in [3.63, 3.8) is 0 Å². The minimum absolute atomic E-state index is 0.228. The summed E-state index contributed by atoms with van der Waals surface area (Å²) in [5.74, 6) is -1.28. The van der Waals surface area contributed by atoms with Crippen molar-refractivity contribution < 1.29 is 15.0 Å². The molecule has 1 atom stereocenters. The summed E-state index contributed by atoms with van der Waals surface area (Å²) < 4.78 is 1.79. The molecule has 5 nitrogen and oxygen atoms in total. The average Bonchev–Trinajstić information content (AvgIpc) is 2.70. The monoisotopic (exact) mass is 409 g/mol. The lowest BCUT2D eigenvalue weighted by Crippen LogP contribution is -2.30. The highest BCUT2D eigenvalue weighted by Gasteiger charge is 2.27. The van der Waals surface area contributed by atoms with Crippen molar-refractivity contribution >= 4 is 17.6 Å². The van der Waals surface area contributed by atoms with Gasteiger partial charge in [0.1, 0.15) is 5.56 Å². The van der Waals surface area contributed by atoms with Gasteiger partial charge in [-0.3, -0.25) is 4.79 Å². The lowest BCUT2D eigenvalue weighted by atomic mass is 9.91. The summed E-state index contributed by atoms with van der Waals surface area (Å²) in [5.41, 5.74) is 3.08. The van der Waals surface area contributed by atoms with Gasteiger partial charge in [0, 0.05) is 29.0 Å². The summed E-state index contributed by atoms with van der Waals surface area (Å²) in [5, 5.41) is 20.4. The lowest BCUT2D eigenvalue weighted by molar-refractivity contribution is 0.0693. The predicted molar refractivity (Wildman–Crippen MR) is 112 cm³/mol. The van der Waals surface area contributed by atoms with Crippen LogP contribution in [0.25, 0.3) is 11.1 Å². The maximum atomic E-state index is 12.5. The zero-order chi connectivity index (χ0) is 20.5. The highest BCUT2D eigenvalue weighted by molar-refractivity contribution is 6.30. The Labute approximate surface area is 172 Å². The number of pyridine rings is 1. The number of fused-ring (bicyclic) bond motifs is 1. The third-order valence-corrected chi connectivity index (χ3v) is 5.59. The van der Waals surface area contributed by atoms with E-state index in [4.69, 9.17) is 11.6 Å². The Morgan fingerprint density at radius 2 is 1.90 bits per heavy atom.